The summed E-state index contributed by atoms with van der Waals surface area (Å²) in [6.07, 6.45) is 5.61. The van der Waals surface area contributed by atoms with Gasteiger partial charge in [-0.1, -0.05) is 50.2 Å². The molecule has 0 bridgehead atoms. The third-order valence-corrected chi connectivity index (χ3v) is 6.07. The fraction of sp³-hybridized carbons (Fsp3) is 0.348. The normalized spacial score (nSPS) is 13.9. The molecule has 1 aliphatic heterocycles. The van der Waals surface area contributed by atoms with Crippen LogP contribution in [-0.2, 0) is 6.42 Å². The van der Waals surface area contributed by atoms with Crippen LogP contribution >= 0.6 is 11.8 Å². The van der Waals surface area contributed by atoms with Gasteiger partial charge < -0.3 is 5.32 Å². The second kappa shape index (κ2) is 7.81. The van der Waals surface area contributed by atoms with E-state index in [2.05, 4.69) is 78.6 Å². The van der Waals surface area contributed by atoms with Crippen molar-refractivity contribution in [3.8, 4) is 16.9 Å². The SMILES string of the molecule is CSc1ccccc1-c1nn(-c2ccccc2C(C)C)c2c1CCCCN2. The smallest absolute Gasteiger partial charge is 0.133 e. The lowest BCUT2D eigenvalue weighted by atomic mass is 10.0. The molecule has 0 saturated carbocycles. The van der Waals surface area contributed by atoms with Crippen molar-refractivity contribution in [1.82, 2.24) is 9.78 Å². The molecule has 0 fully saturated rings. The number of benzene rings is 2. The third kappa shape index (κ3) is 3.39. The molecule has 0 unspecified atom stereocenters. The first-order valence-electron chi connectivity index (χ1n) is 9.79. The maximum atomic E-state index is 5.17. The summed E-state index contributed by atoms with van der Waals surface area (Å²) < 4.78 is 2.16. The molecular weight excluding hydrogens is 350 g/mol. The van der Waals surface area contributed by atoms with Crippen molar-refractivity contribution in [2.24, 2.45) is 0 Å². The highest BCUT2D eigenvalue weighted by molar-refractivity contribution is 7.98. The van der Waals surface area contributed by atoms with Crippen LogP contribution in [0.25, 0.3) is 16.9 Å². The van der Waals surface area contributed by atoms with E-state index in [0.29, 0.717) is 5.92 Å². The summed E-state index contributed by atoms with van der Waals surface area (Å²) in [6, 6.07) is 17.3. The highest BCUT2D eigenvalue weighted by atomic mass is 32.2. The van der Waals surface area contributed by atoms with Crippen molar-refractivity contribution in [2.45, 2.75) is 43.9 Å². The number of nitrogens with one attached hydrogen (secondary N) is 1. The molecule has 0 radical (unpaired) electrons. The van der Waals surface area contributed by atoms with E-state index < -0.39 is 0 Å². The summed E-state index contributed by atoms with van der Waals surface area (Å²) in [7, 11) is 0. The van der Waals surface area contributed by atoms with E-state index >= 15 is 0 Å². The number of fused-ring (bicyclic) bond motifs is 1. The van der Waals surface area contributed by atoms with Gasteiger partial charge in [0.1, 0.15) is 5.82 Å². The van der Waals surface area contributed by atoms with Crippen molar-refractivity contribution < 1.29 is 0 Å². The molecule has 3 aromatic rings. The zero-order valence-electron chi connectivity index (χ0n) is 16.3. The van der Waals surface area contributed by atoms with E-state index in [0.717, 1.165) is 18.7 Å². The lowest BCUT2D eigenvalue weighted by Crippen LogP contribution is -2.09. The Hall–Kier alpha value is -2.20. The van der Waals surface area contributed by atoms with E-state index in [9.17, 15) is 0 Å². The number of hydrogen-bond acceptors (Lipinski definition) is 3. The molecule has 4 heteroatoms. The number of thioether (sulfide) groups is 1. The minimum absolute atomic E-state index is 0.453. The first-order chi connectivity index (χ1) is 13.2. The quantitative estimate of drug-likeness (QED) is 0.554. The predicted molar refractivity (Wildman–Crippen MR) is 116 cm³/mol. The van der Waals surface area contributed by atoms with Gasteiger partial charge in [-0.05, 0) is 49.1 Å². The molecule has 1 aromatic heterocycles. The Morgan fingerprint density at radius 2 is 1.81 bits per heavy atom. The molecule has 1 N–H and O–H groups in total. The number of rotatable bonds is 4. The standard InChI is InChI=1S/C23H27N3S/c1-16(2)17-10-4-6-13-20(17)26-23-19(12-8-9-15-24-23)22(25-26)18-11-5-7-14-21(18)27-3/h4-7,10-11,13-14,16,24H,8-9,12,15H2,1-3H3. The van der Waals surface area contributed by atoms with E-state index in [1.54, 1.807) is 11.8 Å². The van der Waals surface area contributed by atoms with Gasteiger partial charge in [-0.2, -0.15) is 5.10 Å². The van der Waals surface area contributed by atoms with Crippen LogP contribution in [0.4, 0.5) is 5.82 Å². The zero-order chi connectivity index (χ0) is 18.8. The molecule has 0 saturated heterocycles. The Labute approximate surface area is 166 Å². The van der Waals surface area contributed by atoms with Gasteiger partial charge in [-0.3, -0.25) is 0 Å². The largest absolute Gasteiger partial charge is 0.370 e. The summed E-state index contributed by atoms with van der Waals surface area (Å²) >= 11 is 1.79. The Bertz CT molecular complexity index is 943. The van der Waals surface area contributed by atoms with Crippen LogP contribution in [0.15, 0.2) is 53.4 Å². The van der Waals surface area contributed by atoms with Crippen LogP contribution in [0, 0.1) is 0 Å². The molecular formula is C23H27N3S. The molecule has 140 valence electrons. The maximum Gasteiger partial charge on any atom is 0.133 e. The Morgan fingerprint density at radius 1 is 1.04 bits per heavy atom. The summed E-state index contributed by atoms with van der Waals surface area (Å²) in [4.78, 5) is 1.28. The minimum Gasteiger partial charge on any atom is -0.370 e. The average Bonchev–Trinajstić information content (AvgIpc) is 2.88. The van der Waals surface area contributed by atoms with Gasteiger partial charge in [0.25, 0.3) is 0 Å². The number of nitrogens with zero attached hydrogens (tertiary/aromatic N) is 2. The fourth-order valence-electron chi connectivity index (χ4n) is 3.90. The number of anilines is 1. The molecule has 2 heterocycles. The second-order valence-electron chi connectivity index (χ2n) is 7.39. The summed E-state index contributed by atoms with van der Waals surface area (Å²) in [5.41, 5.74) is 6.24. The lowest BCUT2D eigenvalue weighted by molar-refractivity contribution is 0.776. The number of para-hydroxylation sites is 1. The molecule has 0 amide bonds. The van der Waals surface area contributed by atoms with Gasteiger partial charge in [-0.15, -0.1) is 11.8 Å². The van der Waals surface area contributed by atoms with Crippen molar-refractivity contribution in [2.75, 3.05) is 18.1 Å². The van der Waals surface area contributed by atoms with Crippen molar-refractivity contribution >= 4 is 17.6 Å². The highest BCUT2D eigenvalue weighted by Gasteiger charge is 2.24. The highest BCUT2D eigenvalue weighted by Crippen LogP contribution is 2.38. The van der Waals surface area contributed by atoms with Gasteiger partial charge in [0, 0.05) is 22.6 Å². The van der Waals surface area contributed by atoms with E-state index in [1.165, 1.54) is 45.9 Å². The Kier molecular flexibility index (Phi) is 5.26. The van der Waals surface area contributed by atoms with Gasteiger partial charge >= 0.3 is 0 Å². The molecule has 0 aliphatic carbocycles. The Balaban J connectivity index is 1.96. The van der Waals surface area contributed by atoms with E-state index in [-0.39, 0.29) is 0 Å². The van der Waals surface area contributed by atoms with Gasteiger partial charge in [0.05, 0.1) is 11.4 Å². The second-order valence-corrected chi connectivity index (χ2v) is 8.23. The van der Waals surface area contributed by atoms with E-state index in [4.69, 9.17) is 5.10 Å². The van der Waals surface area contributed by atoms with Crippen LogP contribution in [0.1, 0.15) is 43.7 Å². The molecule has 0 spiro atoms. The maximum absolute atomic E-state index is 5.17. The number of hydrogen-bond donors (Lipinski definition) is 1. The van der Waals surface area contributed by atoms with Gasteiger partial charge in [0.2, 0.25) is 0 Å². The fourth-order valence-corrected chi connectivity index (χ4v) is 4.50. The van der Waals surface area contributed by atoms with E-state index in [1.807, 2.05) is 0 Å². The average molecular weight is 378 g/mol. The van der Waals surface area contributed by atoms with Crippen LogP contribution < -0.4 is 5.32 Å². The lowest BCUT2D eigenvalue weighted by Gasteiger charge is -2.15. The first kappa shape index (κ1) is 18.2. The van der Waals surface area contributed by atoms with Crippen LogP contribution in [0.2, 0.25) is 0 Å². The molecule has 27 heavy (non-hydrogen) atoms. The molecule has 4 rings (SSSR count). The summed E-state index contributed by atoms with van der Waals surface area (Å²) in [5.74, 6) is 1.63. The minimum atomic E-state index is 0.453. The monoisotopic (exact) mass is 377 g/mol. The van der Waals surface area contributed by atoms with Crippen molar-refractivity contribution in [3.63, 3.8) is 0 Å². The first-order valence-corrected chi connectivity index (χ1v) is 11.0. The van der Waals surface area contributed by atoms with Crippen molar-refractivity contribution in [3.05, 3.63) is 59.7 Å². The molecule has 1 aliphatic rings. The Morgan fingerprint density at radius 3 is 2.63 bits per heavy atom. The summed E-state index contributed by atoms with van der Waals surface area (Å²) in [5, 5.41) is 8.85. The van der Waals surface area contributed by atoms with Crippen LogP contribution in [0.5, 0.6) is 0 Å². The van der Waals surface area contributed by atoms with Crippen LogP contribution in [-0.4, -0.2) is 22.6 Å². The predicted octanol–water partition coefficient (Wildman–Crippen LogP) is 6.13. The molecule has 2 aromatic carbocycles. The molecule has 0 atom stereocenters. The van der Waals surface area contributed by atoms with Gasteiger partial charge in [-0.25, -0.2) is 4.68 Å². The molecule has 3 nitrogen and oxygen atoms in total. The van der Waals surface area contributed by atoms with Crippen LogP contribution in [0.3, 0.4) is 0 Å². The zero-order valence-corrected chi connectivity index (χ0v) is 17.1. The van der Waals surface area contributed by atoms with Crippen molar-refractivity contribution in [1.29, 1.82) is 0 Å². The van der Waals surface area contributed by atoms with Gasteiger partial charge in [0.15, 0.2) is 0 Å². The summed E-state index contributed by atoms with van der Waals surface area (Å²) in [6.45, 7) is 5.50. The third-order valence-electron chi connectivity index (χ3n) is 5.28. The topological polar surface area (TPSA) is 29.9 Å². The number of aromatic nitrogens is 2.